The molecular weight excluding hydrogens is 460 g/mol. The average molecular weight is 485 g/mol. The first-order valence-corrected chi connectivity index (χ1v) is 11.3. The van der Waals surface area contributed by atoms with E-state index in [0.717, 1.165) is 16.0 Å². The molecule has 8 nitrogen and oxygen atoms in total. The molecule has 0 saturated carbocycles. The van der Waals surface area contributed by atoms with Gasteiger partial charge in [0.2, 0.25) is 0 Å². The molecular formula is C28H24N2O6. The zero-order chi connectivity index (χ0) is 25.7. The minimum atomic E-state index is -0.790. The fourth-order valence-corrected chi connectivity index (χ4v) is 3.67. The molecule has 8 heteroatoms. The zero-order valence-electron chi connectivity index (χ0n) is 19.8. The molecule has 0 aliphatic carbocycles. The lowest BCUT2D eigenvalue weighted by Gasteiger charge is -2.26. The number of hydrogen-bond donors (Lipinski definition) is 1. The van der Waals surface area contributed by atoms with Gasteiger partial charge >= 0.3 is 12.0 Å². The maximum absolute atomic E-state index is 13.0. The van der Waals surface area contributed by atoms with E-state index in [1.165, 1.54) is 12.1 Å². The second kappa shape index (κ2) is 10.7. The van der Waals surface area contributed by atoms with E-state index in [1.807, 2.05) is 19.1 Å². The van der Waals surface area contributed by atoms with Crippen molar-refractivity contribution < 1.29 is 28.7 Å². The molecule has 1 fully saturated rings. The quantitative estimate of drug-likeness (QED) is 0.233. The SMILES string of the molecule is CCOc1cc(/C=C2/C(=O)NC(=O)N(Cc3ccccc3)C2=O)ccc1OC(=O)c1cccc(C)c1. The van der Waals surface area contributed by atoms with E-state index < -0.39 is 23.8 Å². The van der Waals surface area contributed by atoms with Crippen LogP contribution in [0.3, 0.4) is 0 Å². The van der Waals surface area contributed by atoms with Crippen LogP contribution in [0, 0.1) is 6.92 Å². The molecule has 1 N–H and O–H groups in total. The van der Waals surface area contributed by atoms with Crippen molar-refractivity contribution in [3.8, 4) is 11.5 Å². The van der Waals surface area contributed by atoms with Gasteiger partial charge < -0.3 is 9.47 Å². The van der Waals surface area contributed by atoms with Gasteiger partial charge in [-0.3, -0.25) is 19.8 Å². The second-order valence-corrected chi connectivity index (χ2v) is 8.09. The summed E-state index contributed by atoms with van der Waals surface area (Å²) in [6.07, 6.45) is 1.37. The van der Waals surface area contributed by atoms with Crippen LogP contribution in [0.4, 0.5) is 4.79 Å². The molecule has 4 amide bonds. The number of hydrogen-bond acceptors (Lipinski definition) is 6. The normalized spacial score (nSPS) is 14.6. The smallest absolute Gasteiger partial charge is 0.343 e. The minimum absolute atomic E-state index is 0.0220. The van der Waals surface area contributed by atoms with Crippen molar-refractivity contribution in [1.82, 2.24) is 10.2 Å². The first kappa shape index (κ1) is 24.4. The highest BCUT2D eigenvalue weighted by molar-refractivity contribution is 6.31. The molecule has 0 atom stereocenters. The molecule has 0 bridgehead atoms. The molecule has 1 aliphatic rings. The Bertz CT molecular complexity index is 1360. The molecule has 3 aromatic carbocycles. The Kier molecular flexibility index (Phi) is 7.25. The molecule has 182 valence electrons. The number of imide groups is 2. The Labute approximate surface area is 208 Å². The number of aryl methyl sites for hydroxylation is 1. The van der Waals surface area contributed by atoms with E-state index in [1.54, 1.807) is 61.5 Å². The summed E-state index contributed by atoms with van der Waals surface area (Å²) in [7, 11) is 0. The number of carbonyl (C=O) groups excluding carboxylic acids is 4. The average Bonchev–Trinajstić information content (AvgIpc) is 2.86. The van der Waals surface area contributed by atoms with Crippen LogP contribution in [0.25, 0.3) is 6.08 Å². The van der Waals surface area contributed by atoms with Crippen LogP contribution >= 0.6 is 0 Å². The number of ether oxygens (including phenoxy) is 2. The maximum Gasteiger partial charge on any atom is 0.343 e. The van der Waals surface area contributed by atoms with Gasteiger partial charge in [-0.05, 0) is 55.3 Å². The topological polar surface area (TPSA) is 102 Å². The molecule has 0 radical (unpaired) electrons. The number of amides is 4. The number of rotatable bonds is 7. The highest BCUT2D eigenvalue weighted by atomic mass is 16.6. The van der Waals surface area contributed by atoms with Crippen molar-refractivity contribution in [2.45, 2.75) is 20.4 Å². The fraction of sp³-hybridized carbons (Fsp3) is 0.143. The summed E-state index contributed by atoms with van der Waals surface area (Å²) in [5.41, 5.74) is 2.33. The number of nitrogens with one attached hydrogen (secondary N) is 1. The molecule has 3 aromatic rings. The van der Waals surface area contributed by atoms with Crippen molar-refractivity contribution in [2.24, 2.45) is 0 Å². The molecule has 1 aliphatic heterocycles. The van der Waals surface area contributed by atoms with Gasteiger partial charge in [0.25, 0.3) is 11.8 Å². The first-order chi connectivity index (χ1) is 17.4. The van der Waals surface area contributed by atoms with Crippen LogP contribution in [-0.4, -0.2) is 35.3 Å². The number of urea groups is 1. The molecule has 0 spiro atoms. The molecule has 0 unspecified atom stereocenters. The van der Waals surface area contributed by atoms with Gasteiger partial charge in [-0.25, -0.2) is 9.59 Å². The fourth-order valence-electron chi connectivity index (χ4n) is 3.67. The Morgan fingerprint density at radius 1 is 0.944 bits per heavy atom. The summed E-state index contributed by atoms with van der Waals surface area (Å²) < 4.78 is 11.2. The molecule has 1 heterocycles. The van der Waals surface area contributed by atoms with Gasteiger partial charge in [-0.2, -0.15) is 0 Å². The van der Waals surface area contributed by atoms with Crippen molar-refractivity contribution in [3.63, 3.8) is 0 Å². The van der Waals surface area contributed by atoms with Crippen LogP contribution in [0.1, 0.15) is 34.0 Å². The van der Waals surface area contributed by atoms with Gasteiger partial charge in [0.05, 0.1) is 18.7 Å². The number of carbonyl (C=O) groups is 4. The Morgan fingerprint density at radius 2 is 1.72 bits per heavy atom. The highest BCUT2D eigenvalue weighted by Crippen LogP contribution is 2.31. The summed E-state index contributed by atoms with van der Waals surface area (Å²) in [5, 5.41) is 2.21. The third-order valence-corrected chi connectivity index (χ3v) is 5.40. The summed E-state index contributed by atoms with van der Waals surface area (Å²) >= 11 is 0. The number of barbiturate groups is 1. The number of nitrogens with zero attached hydrogens (tertiary/aromatic N) is 1. The largest absolute Gasteiger partial charge is 0.490 e. The predicted molar refractivity (Wildman–Crippen MR) is 132 cm³/mol. The van der Waals surface area contributed by atoms with Crippen LogP contribution in [0.15, 0.2) is 78.4 Å². The van der Waals surface area contributed by atoms with Gasteiger partial charge in [0.1, 0.15) is 5.57 Å². The van der Waals surface area contributed by atoms with E-state index in [2.05, 4.69) is 5.32 Å². The lowest BCUT2D eigenvalue weighted by atomic mass is 10.1. The lowest BCUT2D eigenvalue weighted by Crippen LogP contribution is -2.53. The second-order valence-electron chi connectivity index (χ2n) is 8.09. The van der Waals surface area contributed by atoms with Crippen LogP contribution < -0.4 is 14.8 Å². The van der Waals surface area contributed by atoms with Crippen molar-refractivity contribution in [3.05, 3.63) is 101 Å². The summed E-state index contributed by atoms with van der Waals surface area (Å²) in [6.45, 7) is 3.98. The summed E-state index contributed by atoms with van der Waals surface area (Å²) in [4.78, 5) is 51.4. The number of esters is 1. The van der Waals surface area contributed by atoms with Gasteiger partial charge in [-0.15, -0.1) is 0 Å². The minimum Gasteiger partial charge on any atom is -0.490 e. The van der Waals surface area contributed by atoms with E-state index in [0.29, 0.717) is 17.7 Å². The van der Waals surface area contributed by atoms with E-state index in [-0.39, 0.29) is 23.6 Å². The van der Waals surface area contributed by atoms with Crippen LogP contribution in [0.2, 0.25) is 0 Å². The summed E-state index contributed by atoms with van der Waals surface area (Å²) in [6, 6.07) is 19.9. The maximum atomic E-state index is 13.0. The van der Waals surface area contributed by atoms with Gasteiger partial charge in [0.15, 0.2) is 11.5 Å². The summed E-state index contributed by atoms with van der Waals surface area (Å²) in [5.74, 6) is -1.56. The Hall–Kier alpha value is -4.72. The standard InChI is InChI=1S/C28H24N2O6/c1-3-35-24-16-20(12-13-23(24)36-27(33)21-11-7-8-18(2)14-21)15-22-25(31)29-28(34)30(26(22)32)17-19-9-5-4-6-10-19/h4-16H,3,17H2,1-2H3,(H,29,31,34)/b22-15-. The van der Waals surface area contributed by atoms with Crippen molar-refractivity contribution >= 4 is 29.9 Å². The lowest BCUT2D eigenvalue weighted by molar-refractivity contribution is -0.130. The van der Waals surface area contributed by atoms with Crippen LogP contribution in [0.5, 0.6) is 11.5 Å². The highest BCUT2D eigenvalue weighted by Gasteiger charge is 2.35. The molecule has 1 saturated heterocycles. The van der Waals surface area contributed by atoms with Gasteiger partial charge in [0, 0.05) is 0 Å². The zero-order valence-corrected chi connectivity index (χ0v) is 19.8. The van der Waals surface area contributed by atoms with Crippen molar-refractivity contribution in [1.29, 1.82) is 0 Å². The van der Waals surface area contributed by atoms with Crippen LogP contribution in [-0.2, 0) is 16.1 Å². The Morgan fingerprint density at radius 3 is 2.44 bits per heavy atom. The predicted octanol–water partition coefficient (Wildman–Crippen LogP) is 4.27. The van der Waals surface area contributed by atoms with E-state index >= 15 is 0 Å². The first-order valence-electron chi connectivity index (χ1n) is 11.3. The molecule has 0 aromatic heterocycles. The third-order valence-electron chi connectivity index (χ3n) is 5.40. The molecule has 36 heavy (non-hydrogen) atoms. The van der Waals surface area contributed by atoms with E-state index in [9.17, 15) is 19.2 Å². The Balaban J connectivity index is 1.60. The third kappa shape index (κ3) is 5.50. The monoisotopic (exact) mass is 484 g/mol. The van der Waals surface area contributed by atoms with Gasteiger partial charge in [-0.1, -0.05) is 54.1 Å². The molecule has 4 rings (SSSR count). The van der Waals surface area contributed by atoms with E-state index in [4.69, 9.17) is 9.47 Å². The number of benzene rings is 3. The van der Waals surface area contributed by atoms with Crippen molar-refractivity contribution in [2.75, 3.05) is 6.61 Å².